The number of aromatic hydroxyl groups is 1. The summed E-state index contributed by atoms with van der Waals surface area (Å²) in [5.41, 5.74) is 6.14. The largest absolute Gasteiger partial charge is 0.508 e. The maximum Gasteiger partial charge on any atom is 0.366 e. The molecule has 2 saturated heterocycles. The van der Waals surface area contributed by atoms with Gasteiger partial charge in [0.1, 0.15) is 60.1 Å². The number of anilines is 1. The summed E-state index contributed by atoms with van der Waals surface area (Å²) in [5, 5.41) is 83.3. The fraction of sp³-hybridized carbons (Fsp3) is 0.562. The Morgan fingerprint density at radius 2 is 0.941 bits per heavy atom. The molecule has 0 spiro atoms. The summed E-state index contributed by atoms with van der Waals surface area (Å²) < 4.78 is 36.4. The van der Waals surface area contributed by atoms with Gasteiger partial charge in [-0.1, -0.05) is 58.4 Å². The predicted molar refractivity (Wildman–Crippen MR) is 353 cm³/mol. The molecule has 0 unspecified atom stereocenters. The van der Waals surface area contributed by atoms with E-state index in [-0.39, 0.29) is 86.0 Å². The number of phenolic OH excluding ortho intramolecular Hbond substituents is 1. The molecular formula is C64H89N11O26S. The van der Waals surface area contributed by atoms with Crippen molar-refractivity contribution in [1.82, 2.24) is 47.0 Å². The van der Waals surface area contributed by atoms with Gasteiger partial charge in [0.15, 0.2) is 0 Å². The molecule has 17 N–H and O–H groups in total. The van der Waals surface area contributed by atoms with Gasteiger partial charge in [0, 0.05) is 51.6 Å². The number of hydrogen-bond donors (Lipinski definition) is 16. The SMILES string of the molecule is CC[C@H](C)[C@H](NC(=O)[C@@H]1CCCN1C(=O)[C@H](CCC(=O)O)NC(=O)[C@H](Cc1ccc(O)cc1)NC(=O)CCC(=O)O)C(=O)N1CCC[C@H]1C(=O)N[C@@H](CCC(=O)O)C(=O)N[C@@H](CCC(=O)O)C(=O)N(c1ccc(C[C@H](N)C(=O)N[C@@H](CC(C)C)C(=O)N[C@H](CCC(=O)O)C(=O)O)cc1)S(=O)(=O)O. The highest BCUT2D eigenvalue weighted by atomic mass is 32.2. The summed E-state index contributed by atoms with van der Waals surface area (Å²) in [6.45, 7) is 6.46. The van der Waals surface area contributed by atoms with Crippen molar-refractivity contribution in [3.05, 3.63) is 59.7 Å². The second-order valence-corrected chi connectivity index (χ2v) is 26.5. The summed E-state index contributed by atoms with van der Waals surface area (Å²) in [5.74, 6) is -20.1. The van der Waals surface area contributed by atoms with Crippen LogP contribution in [0.1, 0.15) is 142 Å². The lowest BCUT2D eigenvalue weighted by Crippen LogP contribution is -2.60. The van der Waals surface area contributed by atoms with Gasteiger partial charge in [0.2, 0.25) is 53.2 Å². The van der Waals surface area contributed by atoms with Crippen molar-refractivity contribution in [2.45, 2.75) is 204 Å². The Morgan fingerprint density at radius 1 is 0.510 bits per heavy atom. The topological polar surface area (TPSA) is 589 Å². The Kier molecular flexibility index (Phi) is 32.6. The van der Waals surface area contributed by atoms with Crippen LogP contribution in [0.5, 0.6) is 5.75 Å². The van der Waals surface area contributed by atoms with Gasteiger partial charge in [-0.2, -0.15) is 12.7 Å². The number of nitrogens with two attached hydrogens (primary N) is 1. The zero-order chi connectivity index (χ0) is 76.5. The average molecular weight is 1460 g/mol. The Hall–Kier alpha value is -10.4. The third-order valence-corrected chi connectivity index (χ3v) is 17.7. The number of carbonyl (C=O) groups excluding carboxylic acids is 10. The average Bonchev–Trinajstić information content (AvgIpc) is 1.30. The lowest BCUT2D eigenvalue weighted by molar-refractivity contribution is -0.146. The zero-order valence-electron chi connectivity index (χ0n) is 56.4. The van der Waals surface area contributed by atoms with Crippen LogP contribution in [0.3, 0.4) is 0 Å². The molecule has 0 saturated carbocycles. The molecule has 2 aliphatic heterocycles. The fourth-order valence-corrected chi connectivity index (χ4v) is 12.0. The van der Waals surface area contributed by atoms with Gasteiger partial charge < -0.3 is 88.5 Å². The number of nitrogens with one attached hydrogen (secondary N) is 7. The van der Waals surface area contributed by atoms with E-state index in [2.05, 4.69) is 37.2 Å². The van der Waals surface area contributed by atoms with E-state index >= 15 is 0 Å². The van der Waals surface area contributed by atoms with Crippen LogP contribution in [0.2, 0.25) is 0 Å². The molecule has 11 atom stereocenters. The van der Waals surface area contributed by atoms with E-state index < -0.39 is 241 Å². The van der Waals surface area contributed by atoms with Crippen molar-refractivity contribution in [1.29, 1.82) is 0 Å². The second-order valence-electron chi connectivity index (χ2n) is 25.2. The van der Waals surface area contributed by atoms with Gasteiger partial charge >= 0.3 is 46.1 Å². The van der Waals surface area contributed by atoms with E-state index in [0.29, 0.717) is 5.56 Å². The molecule has 10 amide bonds. The van der Waals surface area contributed by atoms with E-state index in [4.69, 9.17) is 15.9 Å². The van der Waals surface area contributed by atoms with Gasteiger partial charge in [-0.05, 0) is 111 Å². The van der Waals surface area contributed by atoms with Gasteiger partial charge in [-0.25, -0.2) is 4.79 Å². The number of amides is 10. The lowest BCUT2D eigenvalue weighted by Gasteiger charge is -2.34. The second kappa shape index (κ2) is 39.6. The Morgan fingerprint density at radius 3 is 1.44 bits per heavy atom. The zero-order valence-corrected chi connectivity index (χ0v) is 57.3. The molecule has 38 heteroatoms. The van der Waals surface area contributed by atoms with E-state index in [1.165, 1.54) is 24.3 Å². The summed E-state index contributed by atoms with van der Waals surface area (Å²) in [4.78, 5) is 212. The first kappa shape index (κ1) is 84.0. The number of carbonyl (C=O) groups is 16. The van der Waals surface area contributed by atoms with Crippen LogP contribution in [0.25, 0.3) is 0 Å². The summed E-state index contributed by atoms with van der Waals surface area (Å²) >= 11 is 0. The minimum Gasteiger partial charge on any atom is -0.508 e. The molecule has 37 nitrogen and oxygen atoms in total. The van der Waals surface area contributed by atoms with E-state index in [1.54, 1.807) is 27.7 Å². The molecule has 0 aliphatic carbocycles. The Balaban J connectivity index is 1.55. The van der Waals surface area contributed by atoms with E-state index in [9.17, 15) is 115 Å². The highest BCUT2D eigenvalue weighted by molar-refractivity contribution is 7.88. The monoisotopic (exact) mass is 1460 g/mol. The Bertz CT molecular complexity index is 3520. The maximum atomic E-state index is 14.8. The molecule has 102 heavy (non-hydrogen) atoms. The maximum absolute atomic E-state index is 14.8. The van der Waals surface area contributed by atoms with Crippen LogP contribution in [0.4, 0.5) is 5.69 Å². The number of aliphatic carboxylic acids is 6. The van der Waals surface area contributed by atoms with Crippen molar-refractivity contribution in [3.8, 4) is 5.75 Å². The lowest BCUT2D eigenvalue weighted by atomic mass is 9.96. The molecule has 562 valence electrons. The standard InChI is InChI=1S/C64H89N11O26S/c1-5-34(4)54(72-60(93)47-9-6-28-73(47)61(94)41(19-24-50(80)81)68-58(91)45(66-48(77)22-27-53(86)87)32-36-12-16-38(76)17-13-36)63(96)74-29-7-8-46(74)59(92)67-40(18-23-49(78)79)56(89)69-42(20-25-51(82)83)62(95)75(102(99,100)101)37-14-10-35(11-15-37)31-39(65)55(88)71-44(30-33(2)3)57(90)70-43(64(97)98)21-26-52(84)85/h10-17,33-34,39-47,54,76H,5-9,18-32,65H2,1-4H3,(H,66,77)(H,67,92)(H,68,91)(H,69,89)(H,70,90)(H,71,88)(H,72,93)(H,78,79)(H,80,81)(H,82,83)(H,84,85)(H,86,87)(H,97,98)(H,99,100,101)/t34-,39-,40-,41-,42-,43+,44-,45-,46-,47-,54-/m0/s1. The van der Waals surface area contributed by atoms with Crippen LogP contribution < -0.4 is 47.3 Å². The minimum absolute atomic E-state index is 0.00854. The van der Waals surface area contributed by atoms with Crippen molar-refractivity contribution in [3.63, 3.8) is 0 Å². The molecule has 0 aromatic heterocycles. The quantitative estimate of drug-likeness (QED) is 0.0337. The van der Waals surface area contributed by atoms with Crippen molar-refractivity contribution in [2.75, 3.05) is 17.4 Å². The summed E-state index contributed by atoms with van der Waals surface area (Å²) in [6, 6.07) is -6.06. The van der Waals surface area contributed by atoms with Crippen LogP contribution in [0, 0.1) is 11.8 Å². The molecule has 2 heterocycles. The van der Waals surface area contributed by atoms with Crippen molar-refractivity contribution in [2.24, 2.45) is 17.6 Å². The number of nitrogens with zero attached hydrogens (tertiary/aromatic N) is 3. The van der Waals surface area contributed by atoms with Crippen LogP contribution in [-0.4, -0.2) is 227 Å². The molecule has 2 aromatic rings. The number of hydrogen-bond acceptors (Lipinski definition) is 20. The van der Waals surface area contributed by atoms with E-state index in [1.807, 2.05) is 0 Å². The molecule has 2 aromatic carbocycles. The van der Waals surface area contributed by atoms with Crippen LogP contribution >= 0.6 is 0 Å². The number of likely N-dealkylation sites (tertiary alicyclic amines) is 2. The first-order chi connectivity index (χ1) is 47.8. The third-order valence-electron chi connectivity index (χ3n) is 16.8. The first-order valence-electron chi connectivity index (χ1n) is 32.8. The number of benzene rings is 2. The number of phenols is 1. The van der Waals surface area contributed by atoms with Crippen LogP contribution in [-0.2, 0) is 99.9 Å². The number of carboxylic acid groups (broad SMARTS) is 6. The number of rotatable bonds is 42. The minimum atomic E-state index is -5.69. The highest BCUT2D eigenvalue weighted by Crippen LogP contribution is 2.27. The van der Waals surface area contributed by atoms with Gasteiger partial charge in [-0.15, -0.1) is 0 Å². The van der Waals surface area contributed by atoms with Gasteiger partial charge in [0.05, 0.1) is 18.2 Å². The predicted octanol–water partition coefficient (Wildman–Crippen LogP) is -1.48. The first-order valence-corrected chi connectivity index (χ1v) is 34.2. The summed E-state index contributed by atoms with van der Waals surface area (Å²) in [7, 11) is -5.69. The normalized spacial score (nSPS) is 16.9. The Labute approximate surface area is 585 Å². The van der Waals surface area contributed by atoms with Crippen LogP contribution in [0.15, 0.2) is 48.5 Å². The van der Waals surface area contributed by atoms with Crippen molar-refractivity contribution >= 4 is 111 Å². The van der Waals surface area contributed by atoms with Crippen molar-refractivity contribution < 1.29 is 125 Å². The smallest absolute Gasteiger partial charge is 0.366 e. The number of carboxylic acids is 6. The van der Waals surface area contributed by atoms with Gasteiger partial charge in [-0.3, -0.25) is 76.5 Å². The molecule has 2 aliphatic rings. The highest BCUT2D eigenvalue weighted by Gasteiger charge is 2.45. The summed E-state index contributed by atoms with van der Waals surface area (Å²) in [6.07, 6.45) is -6.82. The molecule has 2 fully saturated rings. The molecular weight excluding hydrogens is 1370 g/mol. The van der Waals surface area contributed by atoms with Gasteiger partial charge in [0.25, 0.3) is 5.91 Å². The molecule has 0 bridgehead atoms. The molecule has 4 rings (SSSR count). The third kappa shape index (κ3) is 26.6. The molecule has 0 radical (unpaired) electrons. The fourth-order valence-electron chi connectivity index (χ4n) is 11.3. The van der Waals surface area contributed by atoms with E-state index in [0.717, 1.165) is 34.1 Å².